The highest BCUT2D eigenvalue weighted by Crippen LogP contribution is 2.34. The number of nitrogens with zero attached hydrogens (tertiary/aromatic N) is 1. The van der Waals surface area contributed by atoms with Crippen molar-refractivity contribution in [1.29, 1.82) is 5.41 Å². The number of amides is 1. The molecular weight excluding hydrogens is 576 g/mol. The molecule has 45 heavy (non-hydrogen) atoms. The van der Waals surface area contributed by atoms with Crippen molar-refractivity contribution in [3.63, 3.8) is 0 Å². The Morgan fingerprint density at radius 3 is 1.98 bits per heavy atom. The molecule has 0 heterocycles. The first-order valence-corrected chi connectivity index (χ1v) is 13.8. The normalized spacial score (nSPS) is 11.5. The predicted octanol–water partition coefficient (Wildman–Crippen LogP) is 5.09. The van der Waals surface area contributed by atoms with Gasteiger partial charge in [-0.3, -0.25) is 15.0 Å². The molecule has 11 nitrogen and oxygen atoms in total. The van der Waals surface area contributed by atoms with Gasteiger partial charge in [-0.05, 0) is 53.1 Å². The second kappa shape index (κ2) is 16.1. The first-order chi connectivity index (χ1) is 21.5. The minimum Gasteiger partial charge on any atom is -0.493 e. The largest absolute Gasteiger partial charge is 0.493 e. The minimum atomic E-state index is -1.21. The number of anilines is 1. The Kier molecular flexibility index (Phi) is 12.1. The van der Waals surface area contributed by atoms with Gasteiger partial charge in [0.25, 0.3) is 5.97 Å². The van der Waals surface area contributed by atoms with Gasteiger partial charge in [-0.1, -0.05) is 66.7 Å². The van der Waals surface area contributed by atoms with E-state index in [-0.39, 0.29) is 5.84 Å². The molecule has 4 rings (SSSR count). The number of rotatable bonds is 12. The molecule has 4 aromatic rings. The smallest absolute Gasteiger partial charge is 0.331 e. The molecule has 1 amide bonds. The lowest BCUT2D eigenvalue weighted by molar-refractivity contribution is -0.149. The molecule has 0 radical (unpaired) electrons. The molecule has 0 unspecified atom stereocenters. The Bertz CT molecular complexity index is 1590. The summed E-state index contributed by atoms with van der Waals surface area (Å²) in [7, 11) is 2.98. The maximum atomic E-state index is 14.0. The molecular formula is C34H36N4O7. The van der Waals surface area contributed by atoms with Gasteiger partial charge in [0.2, 0.25) is 5.91 Å². The van der Waals surface area contributed by atoms with Crippen LogP contribution < -0.4 is 20.5 Å². The molecule has 6 N–H and O–H groups in total. The van der Waals surface area contributed by atoms with E-state index in [2.05, 4.69) is 5.32 Å². The van der Waals surface area contributed by atoms with E-state index in [1.807, 2.05) is 30.3 Å². The summed E-state index contributed by atoms with van der Waals surface area (Å²) in [5, 5.41) is 28.3. The number of hydrogen-bond acceptors (Lipinski definition) is 7. The van der Waals surface area contributed by atoms with Crippen molar-refractivity contribution < 1.29 is 34.1 Å². The van der Waals surface area contributed by atoms with Crippen molar-refractivity contribution in [2.75, 3.05) is 19.5 Å². The van der Waals surface area contributed by atoms with E-state index in [1.54, 1.807) is 72.8 Å². The first kappa shape index (κ1) is 33.7. The number of nitrogens with two attached hydrogens (primary N) is 1. The highest BCUT2D eigenvalue weighted by Gasteiger charge is 2.33. The van der Waals surface area contributed by atoms with Crippen molar-refractivity contribution in [1.82, 2.24) is 4.90 Å². The summed E-state index contributed by atoms with van der Waals surface area (Å²) in [6, 6.07) is 28.0. The van der Waals surface area contributed by atoms with E-state index < -0.39 is 29.9 Å². The summed E-state index contributed by atoms with van der Waals surface area (Å²) in [5.74, 6) is -1.62. The third kappa shape index (κ3) is 9.58. The number of carbonyl (C=O) groups excluding carboxylic acids is 1. The average Bonchev–Trinajstić information content (AvgIpc) is 3.03. The standard InChI is InChI=1S/C32H32N4O5.C2H4O2/c1-36(29(32(38)39)22-11-7-4-8-12-22)31(37)28(35-25-16-13-23(14-17-25)30(33)34)24-15-18-26(27(19-24)40-2)41-20-21-9-5-3-6-10-21;1-2(3)4/h3-19,28-29,35H,20H2,1-2H3,(H3,33,34)(H,38,39);1H3,(H,3,4)/t28-,29+;/m1./s1. The molecule has 0 fully saturated rings. The Morgan fingerprint density at radius 1 is 0.867 bits per heavy atom. The molecule has 4 aromatic carbocycles. The number of carboxylic acid groups (broad SMARTS) is 2. The zero-order valence-corrected chi connectivity index (χ0v) is 25.1. The summed E-state index contributed by atoms with van der Waals surface area (Å²) >= 11 is 0. The zero-order chi connectivity index (χ0) is 32.9. The molecule has 0 aliphatic rings. The van der Waals surface area contributed by atoms with Gasteiger partial charge in [-0.25, -0.2) is 4.79 Å². The molecule has 0 bridgehead atoms. The van der Waals surface area contributed by atoms with Crippen LogP contribution in [0.5, 0.6) is 11.5 Å². The first-order valence-electron chi connectivity index (χ1n) is 13.8. The maximum absolute atomic E-state index is 14.0. The third-order valence-corrected chi connectivity index (χ3v) is 6.60. The van der Waals surface area contributed by atoms with Gasteiger partial charge in [0.1, 0.15) is 18.5 Å². The van der Waals surface area contributed by atoms with Crippen LogP contribution in [0.15, 0.2) is 103 Å². The summed E-state index contributed by atoms with van der Waals surface area (Å²) in [6.07, 6.45) is 0. The van der Waals surface area contributed by atoms with Crippen molar-refractivity contribution in [3.05, 3.63) is 125 Å². The van der Waals surface area contributed by atoms with Gasteiger partial charge < -0.3 is 35.6 Å². The number of methoxy groups -OCH3 is 1. The number of aliphatic carboxylic acids is 2. The second-order valence-electron chi connectivity index (χ2n) is 9.87. The quantitative estimate of drug-likeness (QED) is 0.108. The van der Waals surface area contributed by atoms with Crippen LogP contribution in [0.1, 0.15) is 41.3 Å². The molecule has 0 aromatic heterocycles. The lowest BCUT2D eigenvalue weighted by Crippen LogP contribution is -2.40. The lowest BCUT2D eigenvalue weighted by Gasteiger charge is -2.30. The van der Waals surface area contributed by atoms with Gasteiger partial charge in [0.15, 0.2) is 17.5 Å². The summed E-state index contributed by atoms with van der Waals surface area (Å²) in [4.78, 5) is 36.5. The van der Waals surface area contributed by atoms with Crippen LogP contribution in [-0.2, 0) is 21.0 Å². The van der Waals surface area contributed by atoms with Crippen LogP contribution in [-0.4, -0.2) is 53.0 Å². The fourth-order valence-corrected chi connectivity index (χ4v) is 4.42. The van der Waals surface area contributed by atoms with Gasteiger partial charge >= 0.3 is 5.97 Å². The van der Waals surface area contributed by atoms with Crippen molar-refractivity contribution in [2.24, 2.45) is 5.73 Å². The Balaban J connectivity index is 0.00000130. The average molecular weight is 613 g/mol. The van der Waals surface area contributed by atoms with E-state index in [4.69, 9.17) is 30.5 Å². The van der Waals surface area contributed by atoms with Crippen LogP contribution >= 0.6 is 0 Å². The minimum absolute atomic E-state index is 0.0769. The van der Waals surface area contributed by atoms with Gasteiger partial charge in [-0.15, -0.1) is 0 Å². The molecule has 0 aliphatic carbocycles. The topological polar surface area (TPSA) is 175 Å². The number of carboxylic acids is 2. The monoisotopic (exact) mass is 612 g/mol. The maximum Gasteiger partial charge on any atom is 0.331 e. The second-order valence-corrected chi connectivity index (χ2v) is 9.87. The fraction of sp³-hybridized carbons (Fsp3) is 0.176. The molecule has 234 valence electrons. The lowest BCUT2D eigenvalue weighted by atomic mass is 10.0. The summed E-state index contributed by atoms with van der Waals surface area (Å²) in [6.45, 7) is 1.42. The number of likely N-dealkylation sites (N-methyl/N-ethyl adjacent to an activating group) is 1. The van der Waals surface area contributed by atoms with Crippen LogP contribution in [0.2, 0.25) is 0 Å². The van der Waals surface area contributed by atoms with Crippen LogP contribution in [0, 0.1) is 5.41 Å². The number of ether oxygens (including phenoxy) is 2. The number of nitrogens with one attached hydrogen (secondary N) is 2. The van der Waals surface area contributed by atoms with Crippen molar-refractivity contribution >= 4 is 29.4 Å². The highest BCUT2D eigenvalue weighted by molar-refractivity contribution is 5.95. The molecule has 0 saturated heterocycles. The van der Waals surface area contributed by atoms with Gasteiger partial charge in [-0.2, -0.15) is 0 Å². The Labute approximate surface area is 261 Å². The van der Waals surface area contributed by atoms with E-state index in [1.165, 1.54) is 19.1 Å². The van der Waals surface area contributed by atoms with E-state index in [0.717, 1.165) is 12.5 Å². The molecule has 0 spiro atoms. The number of nitrogen functional groups attached to an aromatic ring is 1. The molecule has 2 atom stereocenters. The summed E-state index contributed by atoms with van der Waals surface area (Å²) in [5.41, 5.74) is 8.71. The van der Waals surface area contributed by atoms with Crippen molar-refractivity contribution in [3.8, 4) is 11.5 Å². The van der Waals surface area contributed by atoms with Crippen LogP contribution in [0.4, 0.5) is 5.69 Å². The van der Waals surface area contributed by atoms with E-state index >= 15 is 0 Å². The van der Waals surface area contributed by atoms with E-state index in [9.17, 15) is 14.7 Å². The number of hydrogen-bond donors (Lipinski definition) is 5. The number of carbonyl (C=O) groups is 3. The Morgan fingerprint density at radius 2 is 1.44 bits per heavy atom. The van der Waals surface area contributed by atoms with Gasteiger partial charge in [0, 0.05) is 25.2 Å². The summed E-state index contributed by atoms with van der Waals surface area (Å²) < 4.78 is 11.6. The predicted molar refractivity (Wildman–Crippen MR) is 170 cm³/mol. The molecule has 0 aliphatic heterocycles. The van der Waals surface area contributed by atoms with Gasteiger partial charge in [0.05, 0.1) is 7.11 Å². The van der Waals surface area contributed by atoms with Crippen LogP contribution in [0.3, 0.4) is 0 Å². The molecule has 11 heteroatoms. The fourth-order valence-electron chi connectivity index (χ4n) is 4.42. The zero-order valence-electron chi connectivity index (χ0n) is 25.1. The Hall–Kier alpha value is -5.84. The van der Waals surface area contributed by atoms with E-state index in [0.29, 0.717) is 40.5 Å². The number of benzene rings is 4. The third-order valence-electron chi connectivity index (χ3n) is 6.60. The molecule has 0 saturated carbocycles. The number of amidine groups is 1. The van der Waals surface area contributed by atoms with Crippen molar-refractivity contribution in [2.45, 2.75) is 25.6 Å². The van der Waals surface area contributed by atoms with Crippen LogP contribution in [0.25, 0.3) is 0 Å². The highest BCUT2D eigenvalue weighted by atomic mass is 16.5. The SMILES string of the molecule is CC(=O)O.COc1cc([C@@H](Nc2ccc(C(=N)N)cc2)C(=O)N(C)[C@H](C(=O)O)c2ccccc2)ccc1OCc1ccccc1.